The fourth-order valence-electron chi connectivity index (χ4n) is 6.30. The molecule has 326 valence electrons. The highest BCUT2D eigenvalue weighted by Gasteiger charge is 2.51. The average molecular weight is 819 g/mol. The van der Waals surface area contributed by atoms with E-state index in [0.29, 0.717) is 12.8 Å². The van der Waals surface area contributed by atoms with Gasteiger partial charge in [0.2, 0.25) is 0 Å². The number of esters is 2. The van der Waals surface area contributed by atoms with Crippen LogP contribution in [0.25, 0.3) is 0 Å². The van der Waals surface area contributed by atoms with E-state index in [0.717, 1.165) is 83.5 Å². The summed E-state index contributed by atoms with van der Waals surface area (Å²) in [6.07, 6.45) is 22.1. The number of carbonyl (C=O) groups is 2. The van der Waals surface area contributed by atoms with Gasteiger partial charge in [-0.25, -0.2) is 4.57 Å². The minimum absolute atomic E-state index is 0.0863. The number of carbonyl (C=O) groups excluding carboxylic acids is 2. The van der Waals surface area contributed by atoms with E-state index in [4.69, 9.17) is 18.5 Å². The highest BCUT2D eigenvalue weighted by atomic mass is 31.2. The zero-order chi connectivity index (χ0) is 41.4. The summed E-state index contributed by atoms with van der Waals surface area (Å²) in [4.78, 5) is 35.5. The van der Waals surface area contributed by atoms with E-state index in [1.54, 1.807) is 0 Å². The molecule has 0 spiro atoms. The van der Waals surface area contributed by atoms with E-state index < -0.39 is 75.7 Å². The Bertz CT molecular complexity index is 1130. The summed E-state index contributed by atoms with van der Waals surface area (Å²) < 4.78 is 33.4. The highest BCUT2D eigenvalue weighted by molar-refractivity contribution is 7.47. The molecule has 1 rings (SSSR count). The van der Waals surface area contributed by atoms with Crippen LogP contribution in [0.4, 0.5) is 0 Å². The van der Waals surface area contributed by atoms with Gasteiger partial charge in [0.1, 0.15) is 43.2 Å². The number of allylic oxidation sites excluding steroid dienone is 6. The number of aliphatic hydroxyl groups is 5. The molecular formula is C42H75O13P. The van der Waals surface area contributed by atoms with Gasteiger partial charge in [-0.15, -0.1) is 0 Å². The number of phosphoric acid groups is 1. The standard InChI is InChI=1S/C42H75O13P/c1-3-5-7-9-11-13-15-16-17-18-19-20-21-23-25-27-29-31-36(44)54-34(32-52-35(43)30-28-26-24-22-14-12-10-8-6-4-2)33-53-56(50,51)55-42-40(48)38(46)37(45)39(47)41(42)49/h5,7,11,13,16-17,34,37-42,45-49H,3-4,6,8-10,12,14-15,18-33H2,1-2H3,(H,50,51)/b7-5-,13-11-,17-16-. The minimum atomic E-state index is -5.11. The van der Waals surface area contributed by atoms with Crippen LogP contribution in [0, 0.1) is 0 Å². The first kappa shape index (κ1) is 52.1. The van der Waals surface area contributed by atoms with E-state index in [9.17, 15) is 44.6 Å². The van der Waals surface area contributed by atoms with Gasteiger partial charge in [-0.3, -0.25) is 18.6 Å². The van der Waals surface area contributed by atoms with Crippen LogP contribution in [0.1, 0.15) is 162 Å². The highest BCUT2D eigenvalue weighted by Crippen LogP contribution is 2.47. The van der Waals surface area contributed by atoms with Crippen molar-refractivity contribution in [2.24, 2.45) is 0 Å². The molecule has 0 aromatic carbocycles. The topological polar surface area (TPSA) is 210 Å². The van der Waals surface area contributed by atoms with Crippen LogP contribution in [-0.4, -0.2) is 98.3 Å². The third-order valence-electron chi connectivity index (χ3n) is 9.75. The molecular weight excluding hydrogens is 743 g/mol. The molecule has 0 aromatic rings. The lowest BCUT2D eigenvalue weighted by Crippen LogP contribution is -2.64. The Labute approximate surface area is 336 Å². The summed E-state index contributed by atoms with van der Waals surface area (Å²) in [6, 6.07) is 0. The van der Waals surface area contributed by atoms with Gasteiger partial charge in [-0.05, 0) is 44.9 Å². The molecule has 1 aliphatic rings. The van der Waals surface area contributed by atoms with Crippen LogP contribution in [0.2, 0.25) is 0 Å². The first-order valence-corrected chi connectivity index (χ1v) is 22.8. The van der Waals surface area contributed by atoms with E-state index in [-0.39, 0.29) is 12.8 Å². The molecule has 13 nitrogen and oxygen atoms in total. The molecule has 6 atom stereocenters. The molecule has 6 N–H and O–H groups in total. The molecule has 1 fully saturated rings. The van der Waals surface area contributed by atoms with Crippen LogP contribution in [0.3, 0.4) is 0 Å². The van der Waals surface area contributed by atoms with Crippen molar-refractivity contribution in [3.8, 4) is 0 Å². The van der Waals surface area contributed by atoms with Crippen molar-refractivity contribution in [3.05, 3.63) is 36.5 Å². The molecule has 0 saturated heterocycles. The molecule has 0 aromatic heterocycles. The van der Waals surface area contributed by atoms with Gasteiger partial charge in [0.05, 0.1) is 6.61 Å². The Morgan fingerprint density at radius 3 is 1.55 bits per heavy atom. The van der Waals surface area contributed by atoms with Gasteiger partial charge < -0.3 is 39.9 Å². The fourth-order valence-corrected chi connectivity index (χ4v) is 7.27. The molecule has 56 heavy (non-hydrogen) atoms. The van der Waals surface area contributed by atoms with Gasteiger partial charge in [0.25, 0.3) is 0 Å². The van der Waals surface area contributed by atoms with Gasteiger partial charge in [-0.2, -0.15) is 0 Å². The van der Waals surface area contributed by atoms with Crippen LogP contribution in [-0.2, 0) is 32.7 Å². The lowest BCUT2D eigenvalue weighted by molar-refractivity contribution is -0.220. The van der Waals surface area contributed by atoms with Gasteiger partial charge in [0.15, 0.2) is 6.10 Å². The van der Waals surface area contributed by atoms with Gasteiger partial charge in [-0.1, -0.05) is 140 Å². The van der Waals surface area contributed by atoms with Crippen LogP contribution in [0.15, 0.2) is 36.5 Å². The molecule has 1 aliphatic carbocycles. The Morgan fingerprint density at radius 2 is 1.02 bits per heavy atom. The maximum atomic E-state index is 12.8. The summed E-state index contributed by atoms with van der Waals surface area (Å²) in [5.74, 6) is -1.11. The maximum Gasteiger partial charge on any atom is 0.472 e. The van der Waals surface area contributed by atoms with Crippen molar-refractivity contribution in [2.75, 3.05) is 13.2 Å². The Balaban J connectivity index is 2.49. The van der Waals surface area contributed by atoms with Crippen molar-refractivity contribution in [1.29, 1.82) is 0 Å². The van der Waals surface area contributed by atoms with Crippen LogP contribution < -0.4 is 0 Å². The number of ether oxygens (including phenoxy) is 2. The second kappa shape index (κ2) is 33.0. The SMILES string of the molecule is CC/C=C\C/C=C\C/C=C\CCCCCCCCCC(=O)OC(COC(=O)CCCCCCCCCCCC)COP(=O)(O)OC1C(O)C(O)C(O)C(O)C1O. The Hall–Kier alpha value is -1.93. The summed E-state index contributed by atoms with van der Waals surface area (Å²) >= 11 is 0. The van der Waals surface area contributed by atoms with E-state index >= 15 is 0 Å². The van der Waals surface area contributed by atoms with Crippen LogP contribution in [0.5, 0.6) is 0 Å². The van der Waals surface area contributed by atoms with Gasteiger partial charge >= 0.3 is 19.8 Å². The first-order chi connectivity index (χ1) is 26.9. The van der Waals surface area contributed by atoms with E-state index in [2.05, 4.69) is 50.3 Å². The van der Waals surface area contributed by atoms with Gasteiger partial charge in [0, 0.05) is 12.8 Å². The minimum Gasteiger partial charge on any atom is -0.462 e. The second-order valence-electron chi connectivity index (χ2n) is 14.8. The predicted molar refractivity (Wildman–Crippen MR) is 216 cm³/mol. The van der Waals surface area contributed by atoms with E-state index in [1.807, 2.05) is 0 Å². The van der Waals surface area contributed by atoms with E-state index in [1.165, 1.54) is 38.5 Å². The first-order valence-electron chi connectivity index (χ1n) is 21.3. The number of hydrogen-bond donors (Lipinski definition) is 6. The van der Waals surface area contributed by atoms with Crippen molar-refractivity contribution < 1.29 is 63.1 Å². The number of aliphatic hydroxyl groups excluding tert-OH is 5. The monoisotopic (exact) mass is 818 g/mol. The molecule has 0 bridgehead atoms. The molecule has 6 unspecified atom stereocenters. The summed E-state index contributed by atoms with van der Waals surface area (Å²) in [5.41, 5.74) is 0. The molecule has 0 amide bonds. The van der Waals surface area contributed by atoms with Crippen molar-refractivity contribution in [2.45, 2.75) is 204 Å². The van der Waals surface area contributed by atoms with Crippen molar-refractivity contribution in [1.82, 2.24) is 0 Å². The predicted octanol–water partition coefficient (Wildman–Crippen LogP) is 7.44. The Kier molecular flexibility index (Phi) is 30.7. The summed E-state index contributed by atoms with van der Waals surface area (Å²) in [6.45, 7) is 3.14. The summed E-state index contributed by atoms with van der Waals surface area (Å²) in [7, 11) is -5.11. The largest absolute Gasteiger partial charge is 0.472 e. The number of phosphoric ester groups is 1. The average Bonchev–Trinajstić information content (AvgIpc) is 3.18. The number of rotatable bonds is 34. The normalized spacial score (nSPS) is 23.2. The number of unbranched alkanes of at least 4 members (excludes halogenated alkanes) is 16. The fraction of sp³-hybridized carbons (Fsp3) is 0.810. The lowest BCUT2D eigenvalue weighted by Gasteiger charge is -2.41. The molecule has 14 heteroatoms. The van der Waals surface area contributed by atoms with Crippen LogP contribution >= 0.6 is 7.82 Å². The molecule has 0 radical (unpaired) electrons. The Morgan fingerprint density at radius 1 is 0.571 bits per heavy atom. The zero-order valence-corrected chi connectivity index (χ0v) is 35.1. The third-order valence-corrected chi connectivity index (χ3v) is 10.7. The second-order valence-corrected chi connectivity index (χ2v) is 16.2. The smallest absolute Gasteiger partial charge is 0.462 e. The zero-order valence-electron chi connectivity index (χ0n) is 34.2. The third kappa shape index (κ3) is 25.4. The summed E-state index contributed by atoms with van der Waals surface area (Å²) in [5, 5.41) is 50.0. The quantitative estimate of drug-likeness (QED) is 0.0162. The van der Waals surface area contributed by atoms with Crippen molar-refractivity contribution >= 4 is 19.8 Å². The molecule has 0 aliphatic heterocycles. The maximum absolute atomic E-state index is 12.8. The van der Waals surface area contributed by atoms with Crippen molar-refractivity contribution in [3.63, 3.8) is 0 Å². The molecule has 0 heterocycles. The number of hydrogen-bond acceptors (Lipinski definition) is 12. The lowest BCUT2D eigenvalue weighted by atomic mass is 9.85. The molecule has 1 saturated carbocycles.